The third-order valence-electron chi connectivity index (χ3n) is 3.59. The van der Waals surface area contributed by atoms with Crippen LogP contribution in [0.4, 0.5) is 0 Å². The van der Waals surface area contributed by atoms with Crippen LogP contribution in [0.1, 0.15) is 18.4 Å². The summed E-state index contributed by atoms with van der Waals surface area (Å²) in [6.45, 7) is 0.912. The number of nitrogens with one attached hydrogen (secondary N) is 1. The van der Waals surface area contributed by atoms with Crippen molar-refractivity contribution in [2.45, 2.75) is 18.9 Å². The molecule has 0 radical (unpaired) electrons. The molecule has 1 fully saturated rings. The molecular formula is C15H19BrN2O3S. The lowest BCUT2D eigenvalue weighted by atomic mass is 10.1. The highest BCUT2D eigenvalue weighted by atomic mass is 79.9. The Bertz CT molecular complexity index is 665. The van der Waals surface area contributed by atoms with Crippen LogP contribution in [-0.2, 0) is 14.8 Å². The van der Waals surface area contributed by atoms with Gasteiger partial charge in [-0.05, 0) is 30.5 Å². The first-order chi connectivity index (χ1) is 10.4. The van der Waals surface area contributed by atoms with Crippen molar-refractivity contribution in [3.8, 4) is 0 Å². The highest BCUT2D eigenvalue weighted by Crippen LogP contribution is 2.17. The van der Waals surface area contributed by atoms with Gasteiger partial charge in [-0.1, -0.05) is 34.1 Å². The van der Waals surface area contributed by atoms with Gasteiger partial charge in [-0.3, -0.25) is 4.79 Å². The van der Waals surface area contributed by atoms with Gasteiger partial charge in [0.15, 0.2) is 0 Å². The first-order valence-corrected chi connectivity index (χ1v) is 9.68. The van der Waals surface area contributed by atoms with Crippen LogP contribution in [0.25, 0.3) is 6.08 Å². The number of halogens is 1. The molecule has 120 valence electrons. The molecular weight excluding hydrogens is 368 g/mol. The fourth-order valence-corrected chi connectivity index (χ4v) is 3.65. The molecule has 1 aromatic rings. The molecule has 1 aromatic carbocycles. The molecule has 0 aliphatic carbocycles. The van der Waals surface area contributed by atoms with Crippen LogP contribution in [-0.4, -0.2) is 44.0 Å². The lowest BCUT2D eigenvalue weighted by molar-refractivity contribution is -0.117. The van der Waals surface area contributed by atoms with E-state index < -0.39 is 10.0 Å². The third-order valence-corrected chi connectivity index (χ3v) is 5.61. The Hall–Kier alpha value is -1.18. The summed E-state index contributed by atoms with van der Waals surface area (Å²) in [4.78, 5) is 11.9. The molecule has 1 amide bonds. The number of nitrogens with zero attached hydrogens (tertiary/aromatic N) is 1. The molecule has 0 aromatic heterocycles. The van der Waals surface area contributed by atoms with Crippen LogP contribution >= 0.6 is 15.9 Å². The Morgan fingerprint density at radius 2 is 1.95 bits per heavy atom. The van der Waals surface area contributed by atoms with Gasteiger partial charge in [0.2, 0.25) is 15.9 Å². The quantitative estimate of drug-likeness (QED) is 0.804. The monoisotopic (exact) mass is 386 g/mol. The van der Waals surface area contributed by atoms with Crippen LogP contribution in [0.3, 0.4) is 0 Å². The Kier molecular flexibility index (Phi) is 5.77. The van der Waals surface area contributed by atoms with Gasteiger partial charge < -0.3 is 5.32 Å². The van der Waals surface area contributed by atoms with Crippen LogP contribution in [0.2, 0.25) is 0 Å². The molecule has 0 unspecified atom stereocenters. The summed E-state index contributed by atoms with van der Waals surface area (Å²) >= 11 is 3.42. The molecule has 0 spiro atoms. The molecule has 5 nitrogen and oxygen atoms in total. The highest BCUT2D eigenvalue weighted by molar-refractivity contribution is 9.10. The minimum Gasteiger partial charge on any atom is -0.350 e. The number of sulfonamides is 1. The number of piperidine rings is 1. The van der Waals surface area contributed by atoms with E-state index in [2.05, 4.69) is 21.2 Å². The maximum Gasteiger partial charge on any atom is 0.244 e. The number of carbonyl (C=O) groups excluding carboxylic acids is 1. The molecule has 1 N–H and O–H groups in total. The molecule has 1 aliphatic rings. The van der Waals surface area contributed by atoms with Crippen molar-refractivity contribution >= 4 is 37.9 Å². The second-order valence-corrected chi connectivity index (χ2v) is 8.14. The summed E-state index contributed by atoms with van der Waals surface area (Å²) in [6.07, 6.45) is 5.75. The second kappa shape index (κ2) is 7.39. The average molecular weight is 387 g/mol. The van der Waals surface area contributed by atoms with Crippen LogP contribution in [0, 0.1) is 0 Å². The topological polar surface area (TPSA) is 66.5 Å². The molecule has 2 rings (SSSR count). The van der Waals surface area contributed by atoms with Crippen molar-refractivity contribution in [1.82, 2.24) is 9.62 Å². The van der Waals surface area contributed by atoms with E-state index in [-0.39, 0.29) is 11.9 Å². The van der Waals surface area contributed by atoms with E-state index in [1.165, 1.54) is 16.6 Å². The van der Waals surface area contributed by atoms with E-state index in [1.54, 1.807) is 6.08 Å². The van der Waals surface area contributed by atoms with E-state index >= 15 is 0 Å². The molecule has 1 saturated heterocycles. The standard InChI is InChI=1S/C15H19BrN2O3S/c1-22(20,21)18-10-8-13(9-11-18)17-15(19)7-6-12-4-2-3-5-14(12)16/h2-7,13H,8-11H2,1H3,(H,17,19)/b7-6+. The predicted molar refractivity (Wildman–Crippen MR) is 90.8 cm³/mol. The number of amides is 1. The summed E-state index contributed by atoms with van der Waals surface area (Å²) < 4.78 is 25.2. The maximum absolute atomic E-state index is 11.9. The van der Waals surface area contributed by atoms with Gasteiger partial charge in [-0.25, -0.2) is 12.7 Å². The fraction of sp³-hybridized carbons (Fsp3) is 0.400. The Balaban J connectivity index is 1.85. The van der Waals surface area contributed by atoms with Gasteiger partial charge >= 0.3 is 0 Å². The minimum atomic E-state index is -3.13. The van der Waals surface area contributed by atoms with E-state index in [9.17, 15) is 13.2 Å². The zero-order chi connectivity index (χ0) is 16.2. The van der Waals surface area contributed by atoms with Crippen LogP contribution < -0.4 is 5.32 Å². The number of hydrogen-bond donors (Lipinski definition) is 1. The first-order valence-electron chi connectivity index (χ1n) is 7.04. The Morgan fingerprint density at radius 1 is 1.32 bits per heavy atom. The van der Waals surface area contributed by atoms with Gasteiger partial charge in [0.05, 0.1) is 6.26 Å². The van der Waals surface area contributed by atoms with Gasteiger partial charge in [0.25, 0.3) is 0 Å². The smallest absolute Gasteiger partial charge is 0.244 e. The molecule has 1 heterocycles. The van der Waals surface area contributed by atoms with E-state index in [0.29, 0.717) is 25.9 Å². The van der Waals surface area contributed by atoms with E-state index in [1.807, 2.05) is 24.3 Å². The van der Waals surface area contributed by atoms with Crippen molar-refractivity contribution in [3.05, 3.63) is 40.4 Å². The van der Waals surface area contributed by atoms with Crippen LogP contribution in [0.5, 0.6) is 0 Å². The van der Waals surface area contributed by atoms with Crippen molar-refractivity contribution in [2.24, 2.45) is 0 Å². The average Bonchev–Trinajstić information content (AvgIpc) is 2.46. The van der Waals surface area contributed by atoms with Crippen LogP contribution in [0.15, 0.2) is 34.8 Å². The van der Waals surface area contributed by atoms with Gasteiger partial charge in [0.1, 0.15) is 0 Å². The molecule has 0 saturated carbocycles. The van der Waals surface area contributed by atoms with E-state index in [4.69, 9.17) is 0 Å². The van der Waals surface area contributed by atoms with E-state index in [0.717, 1.165) is 10.0 Å². The summed E-state index contributed by atoms with van der Waals surface area (Å²) in [5.74, 6) is -0.159. The number of benzene rings is 1. The molecule has 0 atom stereocenters. The zero-order valence-electron chi connectivity index (χ0n) is 12.3. The van der Waals surface area contributed by atoms with Gasteiger partial charge in [0, 0.05) is 29.7 Å². The minimum absolute atomic E-state index is 0.0226. The fourth-order valence-electron chi connectivity index (χ4n) is 2.36. The lowest BCUT2D eigenvalue weighted by Gasteiger charge is -2.30. The van der Waals surface area contributed by atoms with Crippen molar-refractivity contribution in [1.29, 1.82) is 0 Å². The first kappa shape index (κ1) is 17.2. The summed E-state index contributed by atoms with van der Waals surface area (Å²) in [5, 5.41) is 2.92. The summed E-state index contributed by atoms with van der Waals surface area (Å²) in [7, 11) is -3.13. The molecule has 1 aliphatic heterocycles. The number of carbonyl (C=O) groups is 1. The Labute approximate surface area is 139 Å². The largest absolute Gasteiger partial charge is 0.350 e. The normalized spacial score (nSPS) is 17.7. The second-order valence-electron chi connectivity index (χ2n) is 5.30. The van der Waals surface area contributed by atoms with Crippen molar-refractivity contribution in [3.63, 3.8) is 0 Å². The van der Waals surface area contributed by atoms with Gasteiger partial charge in [-0.15, -0.1) is 0 Å². The molecule has 0 bridgehead atoms. The molecule has 7 heteroatoms. The lowest BCUT2D eigenvalue weighted by Crippen LogP contribution is -2.45. The van der Waals surface area contributed by atoms with Crippen molar-refractivity contribution < 1.29 is 13.2 Å². The summed E-state index contributed by atoms with van der Waals surface area (Å²) in [6, 6.07) is 7.67. The number of rotatable bonds is 4. The summed E-state index contributed by atoms with van der Waals surface area (Å²) in [5.41, 5.74) is 0.935. The van der Waals surface area contributed by atoms with Crippen molar-refractivity contribution in [2.75, 3.05) is 19.3 Å². The zero-order valence-corrected chi connectivity index (χ0v) is 14.7. The van der Waals surface area contributed by atoms with Gasteiger partial charge in [-0.2, -0.15) is 0 Å². The SMILES string of the molecule is CS(=O)(=O)N1CCC(NC(=O)/C=C/c2ccccc2Br)CC1. The maximum atomic E-state index is 11.9. The highest BCUT2D eigenvalue weighted by Gasteiger charge is 2.25. The predicted octanol–water partition coefficient (Wildman–Crippen LogP) is 2.00. The Morgan fingerprint density at radius 3 is 2.55 bits per heavy atom. The number of hydrogen-bond acceptors (Lipinski definition) is 3. The third kappa shape index (κ3) is 4.93. The molecule has 22 heavy (non-hydrogen) atoms.